The lowest BCUT2D eigenvalue weighted by atomic mass is 10.0. The smallest absolute Gasteiger partial charge is 0.118 e. The molecular formula is C13H21NO2. The summed E-state index contributed by atoms with van der Waals surface area (Å²) in [6.07, 6.45) is 2.93. The molecule has 2 N–H and O–H groups in total. The number of methoxy groups -OCH3 is 2. The first-order chi connectivity index (χ1) is 7.76. The lowest BCUT2D eigenvalue weighted by Crippen LogP contribution is -2.23. The molecule has 90 valence electrons. The average molecular weight is 223 g/mol. The normalized spacial score (nSPS) is 12.4. The molecule has 0 aromatic heterocycles. The van der Waals surface area contributed by atoms with Crippen molar-refractivity contribution in [2.24, 2.45) is 5.73 Å². The van der Waals surface area contributed by atoms with Gasteiger partial charge in [-0.1, -0.05) is 12.1 Å². The van der Waals surface area contributed by atoms with Gasteiger partial charge in [0.25, 0.3) is 0 Å². The fourth-order valence-corrected chi connectivity index (χ4v) is 1.66. The predicted octanol–water partition coefficient (Wildman–Crippen LogP) is 1.99. The first-order valence-electron chi connectivity index (χ1n) is 5.63. The van der Waals surface area contributed by atoms with Crippen LogP contribution in [-0.2, 0) is 11.2 Å². The molecule has 3 nitrogen and oxygen atoms in total. The van der Waals surface area contributed by atoms with Crippen LogP contribution in [0.25, 0.3) is 0 Å². The summed E-state index contributed by atoms with van der Waals surface area (Å²) in [6.45, 7) is 0.788. The largest absolute Gasteiger partial charge is 0.497 e. The molecule has 0 spiro atoms. The Kier molecular flexibility index (Phi) is 5.90. The minimum Gasteiger partial charge on any atom is -0.497 e. The molecule has 0 bridgehead atoms. The van der Waals surface area contributed by atoms with Crippen LogP contribution >= 0.6 is 0 Å². The Morgan fingerprint density at radius 2 is 1.88 bits per heavy atom. The van der Waals surface area contributed by atoms with Gasteiger partial charge in [-0.3, -0.25) is 0 Å². The maximum absolute atomic E-state index is 6.03. The minimum absolute atomic E-state index is 0.212. The number of hydrogen-bond acceptors (Lipinski definition) is 3. The van der Waals surface area contributed by atoms with Crippen LogP contribution in [0.5, 0.6) is 5.75 Å². The Morgan fingerprint density at radius 1 is 1.19 bits per heavy atom. The quantitative estimate of drug-likeness (QED) is 0.719. The molecule has 0 saturated carbocycles. The first kappa shape index (κ1) is 13.0. The van der Waals surface area contributed by atoms with E-state index in [4.69, 9.17) is 15.2 Å². The van der Waals surface area contributed by atoms with E-state index in [1.807, 2.05) is 12.1 Å². The van der Waals surface area contributed by atoms with E-state index in [9.17, 15) is 0 Å². The molecule has 0 saturated heterocycles. The molecule has 0 aliphatic carbocycles. The van der Waals surface area contributed by atoms with Gasteiger partial charge >= 0.3 is 0 Å². The maximum Gasteiger partial charge on any atom is 0.118 e. The molecule has 1 aromatic carbocycles. The van der Waals surface area contributed by atoms with Crippen LogP contribution in [0.15, 0.2) is 24.3 Å². The van der Waals surface area contributed by atoms with Crippen LogP contribution in [0.3, 0.4) is 0 Å². The zero-order valence-electron chi connectivity index (χ0n) is 10.1. The van der Waals surface area contributed by atoms with Gasteiger partial charge in [-0.2, -0.15) is 0 Å². The summed E-state index contributed by atoms with van der Waals surface area (Å²) in [7, 11) is 3.39. The van der Waals surface area contributed by atoms with Crippen molar-refractivity contribution in [3.05, 3.63) is 29.8 Å². The van der Waals surface area contributed by atoms with Gasteiger partial charge in [0, 0.05) is 19.8 Å². The third-order valence-electron chi connectivity index (χ3n) is 2.58. The van der Waals surface area contributed by atoms with Gasteiger partial charge in [-0.15, -0.1) is 0 Å². The van der Waals surface area contributed by atoms with Gasteiger partial charge in [-0.05, 0) is 37.0 Å². The summed E-state index contributed by atoms with van der Waals surface area (Å²) in [5.74, 6) is 0.886. The standard InChI is InChI=1S/C13H21NO2/c1-15-9-3-4-12(14)10-11-5-7-13(16-2)8-6-11/h5-8,12H,3-4,9-10,14H2,1-2H3. The molecule has 0 radical (unpaired) electrons. The SMILES string of the molecule is COCCCC(N)Cc1ccc(OC)cc1. The van der Waals surface area contributed by atoms with Crippen molar-refractivity contribution < 1.29 is 9.47 Å². The van der Waals surface area contributed by atoms with Gasteiger partial charge in [0.1, 0.15) is 5.75 Å². The highest BCUT2D eigenvalue weighted by Crippen LogP contribution is 2.13. The Bertz CT molecular complexity index is 284. The van der Waals surface area contributed by atoms with Crippen molar-refractivity contribution in [3.8, 4) is 5.75 Å². The molecule has 0 fully saturated rings. The van der Waals surface area contributed by atoms with Crippen molar-refractivity contribution >= 4 is 0 Å². The van der Waals surface area contributed by atoms with Gasteiger partial charge in [0.05, 0.1) is 7.11 Å². The fourth-order valence-electron chi connectivity index (χ4n) is 1.66. The van der Waals surface area contributed by atoms with Crippen molar-refractivity contribution in [3.63, 3.8) is 0 Å². The zero-order valence-corrected chi connectivity index (χ0v) is 10.1. The second-order valence-electron chi connectivity index (χ2n) is 3.95. The first-order valence-corrected chi connectivity index (χ1v) is 5.63. The molecule has 1 atom stereocenters. The lowest BCUT2D eigenvalue weighted by molar-refractivity contribution is 0.190. The Morgan fingerprint density at radius 3 is 2.44 bits per heavy atom. The number of hydrogen-bond donors (Lipinski definition) is 1. The van der Waals surface area contributed by atoms with E-state index >= 15 is 0 Å². The predicted molar refractivity (Wildman–Crippen MR) is 65.8 cm³/mol. The molecule has 1 aromatic rings. The summed E-state index contributed by atoms with van der Waals surface area (Å²) >= 11 is 0. The zero-order chi connectivity index (χ0) is 11.8. The van der Waals surface area contributed by atoms with Crippen LogP contribution < -0.4 is 10.5 Å². The van der Waals surface area contributed by atoms with E-state index in [2.05, 4.69) is 12.1 Å². The molecule has 0 heterocycles. The van der Waals surface area contributed by atoms with Gasteiger partial charge in [-0.25, -0.2) is 0 Å². The van der Waals surface area contributed by atoms with Crippen LogP contribution in [-0.4, -0.2) is 26.9 Å². The number of benzene rings is 1. The number of rotatable bonds is 7. The number of nitrogens with two attached hydrogens (primary N) is 1. The van der Waals surface area contributed by atoms with Crippen LogP contribution in [0.4, 0.5) is 0 Å². The van der Waals surface area contributed by atoms with Crippen LogP contribution in [0.1, 0.15) is 18.4 Å². The fraction of sp³-hybridized carbons (Fsp3) is 0.538. The highest BCUT2D eigenvalue weighted by Gasteiger charge is 2.04. The van der Waals surface area contributed by atoms with E-state index in [-0.39, 0.29) is 6.04 Å². The monoisotopic (exact) mass is 223 g/mol. The van der Waals surface area contributed by atoms with E-state index in [1.54, 1.807) is 14.2 Å². The third kappa shape index (κ3) is 4.64. The van der Waals surface area contributed by atoms with E-state index in [0.717, 1.165) is 31.6 Å². The Labute approximate surface area is 97.6 Å². The molecular weight excluding hydrogens is 202 g/mol. The lowest BCUT2D eigenvalue weighted by Gasteiger charge is -2.11. The summed E-state index contributed by atoms with van der Waals surface area (Å²) in [5.41, 5.74) is 7.29. The Hall–Kier alpha value is -1.06. The van der Waals surface area contributed by atoms with Crippen molar-refractivity contribution in [1.29, 1.82) is 0 Å². The summed E-state index contributed by atoms with van der Waals surface area (Å²) in [5, 5.41) is 0. The molecule has 1 rings (SSSR count). The minimum atomic E-state index is 0.212. The number of ether oxygens (including phenoxy) is 2. The molecule has 0 aliphatic rings. The second-order valence-corrected chi connectivity index (χ2v) is 3.95. The van der Waals surface area contributed by atoms with Crippen molar-refractivity contribution in [1.82, 2.24) is 0 Å². The highest BCUT2D eigenvalue weighted by atomic mass is 16.5. The van der Waals surface area contributed by atoms with Gasteiger partial charge in [0.2, 0.25) is 0 Å². The van der Waals surface area contributed by atoms with Crippen LogP contribution in [0.2, 0.25) is 0 Å². The van der Waals surface area contributed by atoms with E-state index in [0.29, 0.717) is 0 Å². The van der Waals surface area contributed by atoms with Gasteiger partial charge < -0.3 is 15.2 Å². The van der Waals surface area contributed by atoms with Gasteiger partial charge in [0.15, 0.2) is 0 Å². The van der Waals surface area contributed by atoms with Crippen molar-refractivity contribution in [2.45, 2.75) is 25.3 Å². The van der Waals surface area contributed by atoms with E-state index in [1.165, 1.54) is 5.56 Å². The topological polar surface area (TPSA) is 44.5 Å². The molecule has 0 amide bonds. The molecule has 16 heavy (non-hydrogen) atoms. The molecule has 3 heteroatoms. The molecule has 0 aliphatic heterocycles. The summed E-state index contributed by atoms with van der Waals surface area (Å²) in [4.78, 5) is 0. The average Bonchev–Trinajstić information content (AvgIpc) is 2.30. The summed E-state index contributed by atoms with van der Waals surface area (Å²) in [6, 6.07) is 8.28. The van der Waals surface area contributed by atoms with Crippen LogP contribution in [0, 0.1) is 0 Å². The second kappa shape index (κ2) is 7.25. The Balaban J connectivity index is 2.34. The maximum atomic E-state index is 6.03. The summed E-state index contributed by atoms with van der Waals surface area (Å²) < 4.78 is 10.1. The highest BCUT2D eigenvalue weighted by molar-refractivity contribution is 5.27. The third-order valence-corrected chi connectivity index (χ3v) is 2.58. The molecule has 1 unspecified atom stereocenters. The van der Waals surface area contributed by atoms with E-state index < -0.39 is 0 Å². The van der Waals surface area contributed by atoms with Crippen molar-refractivity contribution in [2.75, 3.05) is 20.8 Å².